The van der Waals surface area contributed by atoms with Crippen LogP contribution in [0.5, 0.6) is 0 Å². The van der Waals surface area contributed by atoms with Crippen molar-refractivity contribution in [2.24, 2.45) is 0 Å². The molecule has 0 radical (unpaired) electrons. The van der Waals surface area contributed by atoms with Gasteiger partial charge in [0.15, 0.2) is 8.07 Å². The van der Waals surface area contributed by atoms with Gasteiger partial charge >= 0.3 is 0 Å². The Morgan fingerprint density at radius 2 is 0.971 bits per heavy atom. The lowest BCUT2D eigenvalue weighted by atomic mass is 10.1. The molecule has 176 valence electrons. The van der Waals surface area contributed by atoms with Gasteiger partial charge in [0.25, 0.3) is 0 Å². The Bertz CT molecular complexity index is 1070. The second-order valence-electron chi connectivity index (χ2n) is 10.6. The summed E-state index contributed by atoms with van der Waals surface area (Å²) in [7, 11) is -2.45. The van der Waals surface area contributed by atoms with Crippen LogP contribution in [0.2, 0.25) is 5.54 Å². The average molecular weight is 465 g/mol. The fourth-order valence-corrected chi connectivity index (χ4v) is 12.2. The fourth-order valence-electron chi connectivity index (χ4n) is 6.21. The van der Waals surface area contributed by atoms with Gasteiger partial charge in [-0.2, -0.15) is 0 Å². The lowest BCUT2D eigenvalue weighted by Gasteiger charge is -2.41. The molecule has 1 aliphatic rings. The van der Waals surface area contributed by atoms with E-state index in [1.165, 1.54) is 52.6 Å². The molecule has 1 unspecified atom stereocenters. The Labute approximate surface area is 208 Å². The molecule has 0 amide bonds. The lowest BCUT2D eigenvalue weighted by Crippen LogP contribution is -2.70. The van der Waals surface area contributed by atoms with E-state index in [2.05, 4.69) is 121 Å². The van der Waals surface area contributed by atoms with E-state index < -0.39 is 8.07 Å². The fraction of sp³-hybridized carbons (Fsp3) is 0.333. The summed E-state index contributed by atoms with van der Waals surface area (Å²) >= 11 is 0. The summed E-state index contributed by atoms with van der Waals surface area (Å²) in [5.41, 5.74) is 10.2. The van der Waals surface area contributed by atoms with Gasteiger partial charge in [-0.05, 0) is 69.9 Å². The van der Waals surface area contributed by atoms with E-state index in [1.54, 1.807) is 21.1 Å². The molecular weight excluding hydrogens is 424 g/mol. The molecule has 1 atom stereocenters. The topological polar surface area (TPSA) is 0 Å². The summed E-state index contributed by atoms with van der Waals surface area (Å²) < 4.78 is 0. The van der Waals surface area contributed by atoms with Crippen LogP contribution in [0.4, 0.5) is 0 Å². The van der Waals surface area contributed by atoms with E-state index in [0.29, 0.717) is 5.54 Å². The largest absolute Gasteiger partial charge is 0.159 e. The van der Waals surface area contributed by atoms with Crippen molar-refractivity contribution in [2.45, 2.75) is 73.3 Å². The highest BCUT2D eigenvalue weighted by Gasteiger charge is 2.48. The van der Waals surface area contributed by atoms with Crippen molar-refractivity contribution in [3.63, 3.8) is 0 Å². The summed E-state index contributed by atoms with van der Waals surface area (Å²) in [6.45, 7) is 15.9. The maximum Gasteiger partial charge on any atom is 0.159 e. The third kappa shape index (κ3) is 4.64. The van der Waals surface area contributed by atoms with Crippen LogP contribution in [0.25, 0.3) is 0 Å². The average Bonchev–Trinajstić information content (AvgIpc) is 3.19. The highest BCUT2D eigenvalue weighted by atomic mass is 28.3. The SMILES string of the molecule is CCCCC1=CC=CC1[Si](c1cc(C)cc(C)c1)(c1cc(C)cc(C)c1)c1cc(C)cc(C)c1. The van der Waals surface area contributed by atoms with Gasteiger partial charge in [0.05, 0.1) is 0 Å². The van der Waals surface area contributed by atoms with Gasteiger partial charge in [0.2, 0.25) is 0 Å². The van der Waals surface area contributed by atoms with Crippen LogP contribution in [-0.2, 0) is 0 Å². The zero-order valence-electron chi connectivity index (χ0n) is 22.1. The van der Waals surface area contributed by atoms with Crippen molar-refractivity contribution >= 4 is 23.6 Å². The van der Waals surface area contributed by atoms with Crippen LogP contribution in [0.3, 0.4) is 0 Å². The number of allylic oxidation sites excluding steroid dienone is 4. The van der Waals surface area contributed by atoms with E-state index in [0.717, 1.165) is 0 Å². The smallest absolute Gasteiger partial charge is 0.0790 e. The van der Waals surface area contributed by atoms with Gasteiger partial charge in [-0.15, -0.1) is 0 Å². The first-order valence-corrected chi connectivity index (χ1v) is 15.0. The number of hydrogen-bond acceptors (Lipinski definition) is 0. The quantitative estimate of drug-likeness (QED) is 0.259. The Hall–Kier alpha value is -2.64. The minimum absolute atomic E-state index is 0.433. The summed E-state index contributed by atoms with van der Waals surface area (Å²) in [6, 6.07) is 22.0. The molecule has 4 rings (SSSR count). The summed E-state index contributed by atoms with van der Waals surface area (Å²) in [4.78, 5) is 0. The molecule has 0 bridgehead atoms. The van der Waals surface area contributed by atoms with Crippen molar-refractivity contribution in [3.8, 4) is 0 Å². The second-order valence-corrected chi connectivity index (χ2v) is 14.6. The maximum atomic E-state index is 2.53. The van der Waals surface area contributed by atoms with E-state index in [4.69, 9.17) is 0 Å². The number of aryl methyl sites for hydroxylation is 6. The van der Waals surface area contributed by atoms with Gasteiger partial charge in [-0.25, -0.2) is 0 Å². The molecule has 0 fully saturated rings. The minimum Gasteiger partial charge on any atom is -0.0790 e. The predicted octanol–water partition coefficient (Wildman–Crippen LogP) is 7.06. The molecule has 0 N–H and O–H groups in total. The van der Waals surface area contributed by atoms with Crippen molar-refractivity contribution < 1.29 is 0 Å². The van der Waals surface area contributed by atoms with Crippen LogP contribution in [-0.4, -0.2) is 8.07 Å². The number of rotatable bonds is 7. The third-order valence-electron chi connectivity index (χ3n) is 7.33. The highest BCUT2D eigenvalue weighted by molar-refractivity contribution is 7.13. The van der Waals surface area contributed by atoms with Crippen LogP contribution in [0.1, 0.15) is 59.6 Å². The van der Waals surface area contributed by atoms with Crippen LogP contribution in [0, 0.1) is 41.5 Å². The first kappa shape index (κ1) is 24.5. The summed E-state index contributed by atoms with van der Waals surface area (Å²) in [6.07, 6.45) is 11.0. The molecular formula is C33H40Si. The summed E-state index contributed by atoms with van der Waals surface area (Å²) in [5.74, 6) is 0. The van der Waals surface area contributed by atoms with Gasteiger partial charge in [0, 0.05) is 5.54 Å². The lowest BCUT2D eigenvalue weighted by molar-refractivity contribution is 0.776. The Morgan fingerprint density at radius 3 is 1.32 bits per heavy atom. The zero-order chi connectivity index (χ0) is 24.5. The van der Waals surface area contributed by atoms with Crippen molar-refractivity contribution in [3.05, 3.63) is 112 Å². The van der Waals surface area contributed by atoms with Gasteiger partial charge in [-0.1, -0.05) is 125 Å². The van der Waals surface area contributed by atoms with E-state index in [9.17, 15) is 0 Å². The molecule has 0 saturated carbocycles. The standard InChI is InChI=1S/C33H40Si/c1-8-9-11-29-12-10-13-33(29)34(30-17-23(2)14-24(3)18-30,31-19-25(4)15-26(5)20-31)32-21-27(6)16-28(7)22-32/h10,12-22,33H,8-9,11H2,1-7H3. The highest BCUT2D eigenvalue weighted by Crippen LogP contribution is 2.38. The first-order valence-electron chi connectivity index (χ1n) is 12.9. The van der Waals surface area contributed by atoms with Crippen molar-refractivity contribution in [2.75, 3.05) is 0 Å². The molecule has 3 aromatic rings. The number of unbranched alkanes of at least 4 members (excludes halogenated alkanes) is 1. The van der Waals surface area contributed by atoms with E-state index in [1.807, 2.05) is 0 Å². The Morgan fingerprint density at radius 1 is 0.588 bits per heavy atom. The van der Waals surface area contributed by atoms with Crippen molar-refractivity contribution in [1.82, 2.24) is 0 Å². The Balaban J connectivity index is 2.15. The minimum atomic E-state index is -2.45. The molecule has 1 heteroatoms. The van der Waals surface area contributed by atoms with Crippen LogP contribution in [0.15, 0.2) is 78.4 Å². The normalized spacial score (nSPS) is 15.6. The molecule has 1 aliphatic carbocycles. The predicted molar refractivity (Wildman–Crippen MR) is 153 cm³/mol. The molecule has 0 aromatic heterocycles. The molecule has 34 heavy (non-hydrogen) atoms. The molecule has 0 spiro atoms. The molecule has 0 nitrogen and oxygen atoms in total. The third-order valence-corrected chi connectivity index (χ3v) is 12.4. The first-order chi connectivity index (χ1) is 16.2. The van der Waals surface area contributed by atoms with Crippen LogP contribution >= 0.6 is 0 Å². The van der Waals surface area contributed by atoms with Crippen LogP contribution < -0.4 is 15.6 Å². The van der Waals surface area contributed by atoms with E-state index >= 15 is 0 Å². The molecule has 3 aromatic carbocycles. The molecule has 0 aliphatic heterocycles. The van der Waals surface area contributed by atoms with Gasteiger partial charge in [-0.3, -0.25) is 0 Å². The Kier molecular flexibility index (Phi) is 7.14. The number of benzene rings is 3. The molecule has 0 heterocycles. The molecule has 0 saturated heterocycles. The summed E-state index contributed by atoms with van der Waals surface area (Å²) in [5, 5.41) is 4.62. The maximum absolute atomic E-state index is 2.53. The zero-order valence-corrected chi connectivity index (χ0v) is 23.1. The second kappa shape index (κ2) is 9.92. The van der Waals surface area contributed by atoms with E-state index in [-0.39, 0.29) is 0 Å². The number of hydrogen-bond donors (Lipinski definition) is 0. The van der Waals surface area contributed by atoms with Gasteiger partial charge in [0.1, 0.15) is 0 Å². The van der Waals surface area contributed by atoms with Gasteiger partial charge < -0.3 is 0 Å². The van der Waals surface area contributed by atoms with Crippen molar-refractivity contribution in [1.29, 1.82) is 0 Å². The monoisotopic (exact) mass is 464 g/mol.